The molecule has 0 aliphatic carbocycles. The molecule has 1 aromatic rings. The predicted octanol–water partition coefficient (Wildman–Crippen LogP) is 0.570. The summed E-state index contributed by atoms with van der Waals surface area (Å²) < 4.78 is 24.8. The van der Waals surface area contributed by atoms with Crippen molar-refractivity contribution in [1.82, 2.24) is 10.0 Å². The summed E-state index contributed by atoms with van der Waals surface area (Å²) in [5.74, 6) is -0.209. The highest BCUT2D eigenvalue weighted by atomic mass is 127. The Morgan fingerprint density at radius 1 is 1.35 bits per heavy atom. The molecule has 1 rings (SSSR count). The summed E-state index contributed by atoms with van der Waals surface area (Å²) in [5.41, 5.74) is 0.566. The summed E-state index contributed by atoms with van der Waals surface area (Å²) in [6.45, 7) is 0.450. The molecule has 0 aliphatic heterocycles. The van der Waals surface area contributed by atoms with Gasteiger partial charge in [-0.2, -0.15) is 0 Å². The molecule has 0 atom stereocenters. The maximum Gasteiger partial charge on any atom is 0.251 e. The molecule has 0 aromatic heterocycles. The molecule has 0 unspecified atom stereocenters. The van der Waals surface area contributed by atoms with Gasteiger partial charge in [0.15, 0.2) is 0 Å². The monoisotopic (exact) mass is 368 g/mol. The van der Waals surface area contributed by atoms with Crippen LogP contribution in [0, 0.1) is 3.57 Å². The van der Waals surface area contributed by atoms with Gasteiger partial charge >= 0.3 is 0 Å². The van der Waals surface area contributed by atoms with Gasteiger partial charge in [-0.05, 0) is 40.8 Å². The van der Waals surface area contributed by atoms with Crippen LogP contribution in [-0.2, 0) is 10.0 Å². The molecule has 2 N–H and O–H groups in total. The first-order chi connectivity index (χ1) is 7.88. The topological polar surface area (TPSA) is 75.3 Å². The third-order valence-corrected chi connectivity index (χ3v) is 3.26. The first kappa shape index (κ1) is 14.4. The van der Waals surface area contributed by atoms with Gasteiger partial charge in [0.2, 0.25) is 10.0 Å². The molecule has 0 heterocycles. The summed E-state index contributed by atoms with van der Waals surface area (Å²) in [6.07, 6.45) is 1.08. The fourth-order valence-corrected chi connectivity index (χ4v) is 2.16. The van der Waals surface area contributed by atoms with Gasteiger partial charge in [-0.15, -0.1) is 0 Å². The number of rotatable bonds is 5. The molecule has 0 fully saturated rings. The maximum atomic E-state index is 11.6. The lowest BCUT2D eigenvalue weighted by molar-refractivity contribution is 0.0954. The van der Waals surface area contributed by atoms with E-state index < -0.39 is 10.0 Å². The number of amides is 1. The van der Waals surface area contributed by atoms with Gasteiger partial charge in [0.05, 0.1) is 6.26 Å². The van der Waals surface area contributed by atoms with E-state index in [9.17, 15) is 13.2 Å². The Balaban J connectivity index is 2.41. The van der Waals surface area contributed by atoms with Gasteiger partial charge in [-0.3, -0.25) is 4.79 Å². The molecular formula is C10H13IN2O3S. The second-order valence-corrected chi connectivity index (χ2v) is 6.51. The van der Waals surface area contributed by atoms with Crippen LogP contribution >= 0.6 is 22.6 Å². The number of hydrogen-bond donors (Lipinski definition) is 2. The zero-order valence-electron chi connectivity index (χ0n) is 9.23. The molecule has 0 bridgehead atoms. The molecule has 17 heavy (non-hydrogen) atoms. The molecule has 0 saturated carbocycles. The van der Waals surface area contributed by atoms with Gasteiger partial charge in [0.1, 0.15) is 0 Å². The van der Waals surface area contributed by atoms with Crippen molar-refractivity contribution in [2.45, 2.75) is 0 Å². The minimum absolute atomic E-state index is 0.189. The smallest absolute Gasteiger partial charge is 0.251 e. The average Bonchev–Trinajstić information content (AvgIpc) is 2.23. The van der Waals surface area contributed by atoms with E-state index in [1.54, 1.807) is 18.2 Å². The van der Waals surface area contributed by atoms with Crippen molar-refractivity contribution in [2.75, 3.05) is 19.3 Å². The number of nitrogens with one attached hydrogen (secondary N) is 2. The lowest BCUT2D eigenvalue weighted by Crippen LogP contribution is -2.34. The van der Waals surface area contributed by atoms with Gasteiger partial charge < -0.3 is 5.32 Å². The fourth-order valence-electron chi connectivity index (χ4n) is 1.14. The molecule has 0 aliphatic rings. The Labute approximate surface area is 114 Å². The van der Waals surface area contributed by atoms with Crippen LogP contribution in [0.2, 0.25) is 0 Å². The Kier molecular flexibility index (Phi) is 5.34. The standard InChI is InChI=1S/C10H13IN2O3S/c1-17(15,16)13-6-5-12-10(14)8-3-2-4-9(11)7-8/h2-4,7,13H,5-6H2,1H3,(H,12,14). The molecule has 5 nitrogen and oxygen atoms in total. The lowest BCUT2D eigenvalue weighted by atomic mass is 10.2. The average molecular weight is 368 g/mol. The predicted molar refractivity (Wildman–Crippen MR) is 74.3 cm³/mol. The third-order valence-electron chi connectivity index (χ3n) is 1.86. The number of carbonyl (C=O) groups excluding carboxylic acids is 1. The van der Waals surface area contributed by atoms with E-state index in [0.29, 0.717) is 5.56 Å². The van der Waals surface area contributed by atoms with Crippen molar-refractivity contribution < 1.29 is 13.2 Å². The number of halogens is 1. The van der Waals surface area contributed by atoms with E-state index in [0.717, 1.165) is 9.83 Å². The summed E-state index contributed by atoms with van der Waals surface area (Å²) in [5, 5.41) is 2.63. The van der Waals surface area contributed by atoms with Crippen molar-refractivity contribution in [3.05, 3.63) is 33.4 Å². The van der Waals surface area contributed by atoms with Crippen molar-refractivity contribution in [3.8, 4) is 0 Å². The Morgan fingerprint density at radius 3 is 2.65 bits per heavy atom. The zero-order chi connectivity index (χ0) is 12.9. The Hall–Kier alpha value is -0.670. The molecule has 0 spiro atoms. The first-order valence-electron chi connectivity index (χ1n) is 4.87. The van der Waals surface area contributed by atoms with Crippen LogP contribution in [0.15, 0.2) is 24.3 Å². The van der Waals surface area contributed by atoms with Crippen LogP contribution in [-0.4, -0.2) is 33.7 Å². The maximum absolute atomic E-state index is 11.6. The van der Waals surface area contributed by atoms with Crippen LogP contribution in [0.1, 0.15) is 10.4 Å². The molecule has 1 amide bonds. The highest BCUT2D eigenvalue weighted by molar-refractivity contribution is 14.1. The van der Waals surface area contributed by atoms with Crippen molar-refractivity contribution in [1.29, 1.82) is 0 Å². The van der Waals surface area contributed by atoms with Gasteiger partial charge in [-0.25, -0.2) is 13.1 Å². The van der Waals surface area contributed by atoms with Crippen LogP contribution in [0.3, 0.4) is 0 Å². The molecule has 1 aromatic carbocycles. The Bertz CT molecular complexity index is 502. The van der Waals surface area contributed by atoms with E-state index in [1.807, 2.05) is 6.07 Å². The highest BCUT2D eigenvalue weighted by Crippen LogP contribution is 2.07. The molecule has 94 valence electrons. The van der Waals surface area contributed by atoms with Gasteiger partial charge in [-0.1, -0.05) is 6.07 Å². The van der Waals surface area contributed by atoms with E-state index in [2.05, 4.69) is 32.6 Å². The lowest BCUT2D eigenvalue weighted by Gasteiger charge is -2.05. The number of sulfonamides is 1. The van der Waals surface area contributed by atoms with E-state index >= 15 is 0 Å². The Morgan fingerprint density at radius 2 is 2.06 bits per heavy atom. The number of benzene rings is 1. The van der Waals surface area contributed by atoms with E-state index in [1.165, 1.54) is 0 Å². The number of carbonyl (C=O) groups is 1. The first-order valence-corrected chi connectivity index (χ1v) is 7.84. The van der Waals surface area contributed by atoms with Crippen molar-refractivity contribution in [2.24, 2.45) is 0 Å². The zero-order valence-corrected chi connectivity index (χ0v) is 12.2. The normalized spacial score (nSPS) is 11.2. The second-order valence-electron chi connectivity index (χ2n) is 3.43. The SMILES string of the molecule is CS(=O)(=O)NCCNC(=O)c1cccc(I)c1. The van der Waals surface area contributed by atoms with Crippen molar-refractivity contribution >= 4 is 38.5 Å². The second kappa shape index (κ2) is 6.31. The highest BCUT2D eigenvalue weighted by Gasteiger charge is 2.05. The third kappa shape index (κ3) is 5.99. The summed E-state index contributed by atoms with van der Waals surface area (Å²) in [4.78, 5) is 11.6. The van der Waals surface area contributed by atoms with E-state index in [-0.39, 0.29) is 19.0 Å². The molecule has 0 saturated heterocycles. The quantitative estimate of drug-likeness (QED) is 0.590. The van der Waals surface area contributed by atoms with Gasteiger partial charge in [0.25, 0.3) is 5.91 Å². The largest absolute Gasteiger partial charge is 0.351 e. The van der Waals surface area contributed by atoms with Crippen LogP contribution in [0.5, 0.6) is 0 Å². The van der Waals surface area contributed by atoms with Crippen LogP contribution in [0.4, 0.5) is 0 Å². The van der Waals surface area contributed by atoms with Gasteiger partial charge in [0, 0.05) is 22.2 Å². The minimum Gasteiger partial charge on any atom is -0.351 e. The summed E-state index contributed by atoms with van der Waals surface area (Å²) >= 11 is 2.12. The van der Waals surface area contributed by atoms with E-state index in [4.69, 9.17) is 0 Å². The number of hydrogen-bond acceptors (Lipinski definition) is 3. The molecular weight excluding hydrogens is 355 g/mol. The molecule has 0 radical (unpaired) electrons. The van der Waals surface area contributed by atoms with Crippen LogP contribution in [0.25, 0.3) is 0 Å². The van der Waals surface area contributed by atoms with Crippen molar-refractivity contribution in [3.63, 3.8) is 0 Å². The summed E-state index contributed by atoms with van der Waals surface area (Å²) in [6, 6.07) is 7.16. The van der Waals surface area contributed by atoms with Crippen LogP contribution < -0.4 is 10.0 Å². The fraction of sp³-hybridized carbons (Fsp3) is 0.300. The summed E-state index contributed by atoms with van der Waals surface area (Å²) in [7, 11) is -3.20. The minimum atomic E-state index is -3.20. The molecule has 7 heteroatoms.